The molecule has 1 saturated heterocycles. The summed E-state index contributed by atoms with van der Waals surface area (Å²) in [5.74, 6) is 0. The maximum atomic E-state index is 5.46. The van der Waals surface area contributed by atoms with E-state index in [-0.39, 0.29) is 0 Å². The third-order valence-electron chi connectivity index (χ3n) is 3.76. The van der Waals surface area contributed by atoms with E-state index >= 15 is 0 Å². The van der Waals surface area contributed by atoms with Crippen LogP contribution >= 0.6 is 27.3 Å². The molecule has 0 amide bonds. The van der Waals surface area contributed by atoms with Crippen molar-refractivity contribution < 1.29 is 4.74 Å². The number of nitrogens with one attached hydrogen (secondary N) is 1. The summed E-state index contributed by atoms with van der Waals surface area (Å²) in [7, 11) is 0. The van der Waals surface area contributed by atoms with E-state index in [1.807, 2.05) is 0 Å². The van der Waals surface area contributed by atoms with Crippen LogP contribution in [0.3, 0.4) is 0 Å². The van der Waals surface area contributed by atoms with Crippen molar-refractivity contribution in [2.24, 2.45) is 0 Å². The van der Waals surface area contributed by atoms with Gasteiger partial charge in [-0.3, -0.25) is 0 Å². The summed E-state index contributed by atoms with van der Waals surface area (Å²) in [5, 5.41) is 13.8. The summed E-state index contributed by atoms with van der Waals surface area (Å²) in [6.07, 6.45) is 2.10. The fourth-order valence-electron chi connectivity index (χ4n) is 2.60. The molecule has 1 aliphatic heterocycles. The van der Waals surface area contributed by atoms with Crippen LogP contribution < -0.4 is 10.2 Å². The number of nitrogens with zero attached hydrogens (tertiary/aromatic N) is 3. The molecule has 0 saturated carbocycles. The van der Waals surface area contributed by atoms with Gasteiger partial charge in [0, 0.05) is 36.2 Å². The van der Waals surface area contributed by atoms with Gasteiger partial charge in [0.1, 0.15) is 5.01 Å². The van der Waals surface area contributed by atoms with Crippen LogP contribution in [0, 0.1) is 0 Å². The molecular weight excluding hydrogens is 376 g/mol. The van der Waals surface area contributed by atoms with Crippen LogP contribution in [0.15, 0.2) is 22.7 Å². The fourth-order valence-corrected chi connectivity index (χ4v) is 3.78. The molecule has 1 aliphatic rings. The van der Waals surface area contributed by atoms with Gasteiger partial charge in [-0.2, -0.15) is 0 Å². The Bertz CT molecular complexity index is 643. The molecule has 0 unspecified atom stereocenters. The van der Waals surface area contributed by atoms with Gasteiger partial charge in [0.15, 0.2) is 0 Å². The number of halogens is 1. The van der Waals surface area contributed by atoms with Gasteiger partial charge in [0.2, 0.25) is 5.13 Å². The van der Waals surface area contributed by atoms with E-state index in [0.717, 1.165) is 60.3 Å². The molecule has 0 atom stereocenters. The lowest BCUT2D eigenvalue weighted by atomic mass is 10.1. The minimum absolute atomic E-state index is 0.751. The monoisotopic (exact) mass is 396 g/mol. The molecule has 5 nitrogen and oxygen atoms in total. The molecule has 1 fully saturated rings. The zero-order valence-corrected chi connectivity index (χ0v) is 15.6. The van der Waals surface area contributed by atoms with Crippen LogP contribution in [0.4, 0.5) is 10.8 Å². The van der Waals surface area contributed by atoms with Gasteiger partial charge in [-0.15, -0.1) is 10.2 Å². The van der Waals surface area contributed by atoms with Crippen molar-refractivity contribution in [2.75, 3.05) is 36.5 Å². The van der Waals surface area contributed by atoms with Crippen molar-refractivity contribution in [3.8, 4) is 0 Å². The van der Waals surface area contributed by atoms with Gasteiger partial charge in [-0.1, -0.05) is 40.3 Å². The zero-order valence-electron chi connectivity index (χ0n) is 13.2. The molecule has 1 N–H and O–H groups in total. The Morgan fingerprint density at radius 1 is 1.30 bits per heavy atom. The maximum Gasteiger partial charge on any atom is 0.205 e. The van der Waals surface area contributed by atoms with Crippen LogP contribution in [-0.4, -0.2) is 36.5 Å². The quantitative estimate of drug-likeness (QED) is 0.806. The highest BCUT2D eigenvalue weighted by molar-refractivity contribution is 9.10. The normalized spacial score (nSPS) is 15.0. The van der Waals surface area contributed by atoms with E-state index in [1.165, 1.54) is 11.3 Å². The standard InChI is InChI=1S/C16H21BrN4OS/c1-2-3-15-19-20-16(23-15)18-11-12-4-5-13(17)10-14(12)21-6-8-22-9-7-21/h4-5,10H,2-3,6-9,11H2,1H3,(H,18,20). The zero-order chi connectivity index (χ0) is 16.1. The minimum Gasteiger partial charge on any atom is -0.378 e. The molecule has 7 heteroatoms. The molecule has 0 bridgehead atoms. The Kier molecular flexibility index (Phi) is 5.85. The summed E-state index contributed by atoms with van der Waals surface area (Å²) in [4.78, 5) is 2.38. The lowest BCUT2D eigenvalue weighted by molar-refractivity contribution is 0.122. The SMILES string of the molecule is CCCc1nnc(NCc2ccc(Br)cc2N2CCOCC2)s1. The third kappa shape index (κ3) is 4.43. The number of hydrogen-bond donors (Lipinski definition) is 1. The second-order valence-corrected chi connectivity index (χ2v) is 7.45. The van der Waals surface area contributed by atoms with E-state index in [4.69, 9.17) is 4.74 Å². The van der Waals surface area contributed by atoms with Gasteiger partial charge in [-0.25, -0.2) is 0 Å². The van der Waals surface area contributed by atoms with Crippen LogP contribution in [0.25, 0.3) is 0 Å². The molecule has 124 valence electrons. The largest absolute Gasteiger partial charge is 0.378 e. The average molecular weight is 397 g/mol. The number of aryl methyl sites for hydroxylation is 1. The van der Waals surface area contributed by atoms with Crippen molar-refractivity contribution in [1.29, 1.82) is 0 Å². The highest BCUT2D eigenvalue weighted by atomic mass is 79.9. The number of hydrogen-bond acceptors (Lipinski definition) is 6. The average Bonchev–Trinajstić information content (AvgIpc) is 3.02. The Hall–Kier alpha value is -1.18. The molecule has 23 heavy (non-hydrogen) atoms. The topological polar surface area (TPSA) is 50.3 Å². The van der Waals surface area contributed by atoms with Crippen molar-refractivity contribution in [3.05, 3.63) is 33.2 Å². The van der Waals surface area contributed by atoms with E-state index in [0.29, 0.717) is 0 Å². The van der Waals surface area contributed by atoms with Crippen molar-refractivity contribution in [1.82, 2.24) is 10.2 Å². The second-order valence-electron chi connectivity index (χ2n) is 5.48. The van der Waals surface area contributed by atoms with E-state index in [1.54, 1.807) is 11.3 Å². The van der Waals surface area contributed by atoms with Crippen LogP contribution in [0.5, 0.6) is 0 Å². The predicted molar refractivity (Wildman–Crippen MR) is 98.4 cm³/mol. The maximum absolute atomic E-state index is 5.46. The summed E-state index contributed by atoms with van der Waals surface area (Å²) in [6.45, 7) is 6.35. The van der Waals surface area contributed by atoms with Crippen molar-refractivity contribution in [3.63, 3.8) is 0 Å². The summed E-state index contributed by atoms with van der Waals surface area (Å²) in [6, 6.07) is 6.43. The predicted octanol–water partition coefficient (Wildman–Crippen LogP) is 3.70. The first-order valence-electron chi connectivity index (χ1n) is 7.93. The minimum atomic E-state index is 0.751. The number of aromatic nitrogens is 2. The lowest BCUT2D eigenvalue weighted by Gasteiger charge is -2.30. The van der Waals surface area contributed by atoms with E-state index < -0.39 is 0 Å². The molecule has 2 aromatic rings. The highest BCUT2D eigenvalue weighted by Gasteiger charge is 2.15. The lowest BCUT2D eigenvalue weighted by Crippen LogP contribution is -2.36. The first kappa shape index (κ1) is 16.7. The molecule has 0 spiro atoms. The summed E-state index contributed by atoms with van der Waals surface area (Å²) >= 11 is 5.23. The molecule has 3 rings (SSSR count). The van der Waals surface area contributed by atoms with Crippen molar-refractivity contribution >= 4 is 38.1 Å². The summed E-state index contributed by atoms with van der Waals surface area (Å²) < 4.78 is 6.56. The van der Waals surface area contributed by atoms with E-state index in [2.05, 4.69) is 61.5 Å². The summed E-state index contributed by atoms with van der Waals surface area (Å²) in [5.41, 5.74) is 2.52. The molecule has 0 aliphatic carbocycles. The Labute approximate surface area is 149 Å². The number of benzene rings is 1. The molecule has 0 radical (unpaired) electrons. The highest BCUT2D eigenvalue weighted by Crippen LogP contribution is 2.27. The number of anilines is 2. The Balaban J connectivity index is 1.71. The van der Waals surface area contributed by atoms with Gasteiger partial charge < -0.3 is 15.0 Å². The van der Waals surface area contributed by atoms with E-state index in [9.17, 15) is 0 Å². The van der Waals surface area contributed by atoms with Gasteiger partial charge in [0.25, 0.3) is 0 Å². The van der Waals surface area contributed by atoms with Gasteiger partial charge in [0.05, 0.1) is 13.2 Å². The fraction of sp³-hybridized carbons (Fsp3) is 0.500. The van der Waals surface area contributed by atoms with Gasteiger partial charge in [-0.05, 0) is 24.1 Å². The number of morpholine rings is 1. The number of rotatable bonds is 6. The number of ether oxygens (including phenoxy) is 1. The first-order chi connectivity index (χ1) is 11.3. The molecule has 1 aromatic carbocycles. The molecular formula is C16H21BrN4OS. The third-order valence-corrected chi connectivity index (χ3v) is 5.19. The van der Waals surface area contributed by atoms with Gasteiger partial charge >= 0.3 is 0 Å². The first-order valence-corrected chi connectivity index (χ1v) is 9.54. The van der Waals surface area contributed by atoms with Crippen LogP contribution in [0.2, 0.25) is 0 Å². The molecule has 1 aromatic heterocycles. The molecule has 2 heterocycles. The smallest absolute Gasteiger partial charge is 0.205 e. The van der Waals surface area contributed by atoms with Crippen LogP contribution in [-0.2, 0) is 17.7 Å². The Morgan fingerprint density at radius 2 is 2.13 bits per heavy atom. The van der Waals surface area contributed by atoms with Crippen molar-refractivity contribution in [2.45, 2.75) is 26.3 Å². The second kappa shape index (κ2) is 8.08. The van der Waals surface area contributed by atoms with Crippen LogP contribution in [0.1, 0.15) is 23.9 Å². The Morgan fingerprint density at radius 3 is 2.91 bits per heavy atom.